The molecule has 0 saturated carbocycles. The Morgan fingerprint density at radius 1 is 1.14 bits per heavy atom. The van der Waals surface area contributed by atoms with Gasteiger partial charge in [0.25, 0.3) is 0 Å². The molecule has 0 aliphatic rings. The molecular weight excluding hydrogens is 298 g/mol. The normalized spacial score (nSPS) is 11.5. The quantitative estimate of drug-likeness (QED) is 0.688. The third-order valence-corrected chi connectivity index (χ3v) is 3.59. The Kier molecular flexibility index (Phi) is 6.12. The summed E-state index contributed by atoms with van der Waals surface area (Å²) in [4.78, 5) is 0. The molecule has 2 aromatic carbocycles. The SMILES string of the molecule is COc1cccc(C(C#N)CCCOc2cccc(Cl)c2)c1. The van der Waals surface area contributed by atoms with E-state index in [9.17, 15) is 5.26 Å². The van der Waals surface area contributed by atoms with E-state index in [2.05, 4.69) is 6.07 Å². The lowest BCUT2D eigenvalue weighted by Gasteiger charge is -2.11. The molecule has 0 amide bonds. The van der Waals surface area contributed by atoms with Crippen LogP contribution in [-0.2, 0) is 0 Å². The van der Waals surface area contributed by atoms with Crippen molar-refractivity contribution < 1.29 is 9.47 Å². The van der Waals surface area contributed by atoms with E-state index in [1.54, 1.807) is 13.2 Å². The highest BCUT2D eigenvalue weighted by atomic mass is 35.5. The van der Waals surface area contributed by atoms with Crippen LogP contribution in [0.3, 0.4) is 0 Å². The molecule has 0 radical (unpaired) electrons. The van der Waals surface area contributed by atoms with Crippen LogP contribution < -0.4 is 9.47 Å². The fraction of sp³-hybridized carbons (Fsp3) is 0.278. The summed E-state index contributed by atoms with van der Waals surface area (Å²) in [5.74, 6) is 1.37. The zero-order chi connectivity index (χ0) is 15.8. The van der Waals surface area contributed by atoms with Gasteiger partial charge in [0.2, 0.25) is 0 Å². The average molecular weight is 316 g/mol. The minimum absolute atomic E-state index is 0.155. The molecule has 0 heterocycles. The maximum atomic E-state index is 9.35. The van der Waals surface area contributed by atoms with Crippen molar-refractivity contribution in [3.63, 3.8) is 0 Å². The summed E-state index contributed by atoms with van der Waals surface area (Å²) in [6.45, 7) is 0.558. The van der Waals surface area contributed by atoms with Crippen molar-refractivity contribution in [1.29, 1.82) is 5.26 Å². The number of methoxy groups -OCH3 is 1. The first-order valence-corrected chi connectivity index (χ1v) is 7.52. The van der Waals surface area contributed by atoms with Crippen LogP contribution in [-0.4, -0.2) is 13.7 Å². The molecule has 114 valence electrons. The van der Waals surface area contributed by atoms with E-state index < -0.39 is 0 Å². The molecular formula is C18H18ClNO2. The van der Waals surface area contributed by atoms with Crippen LogP contribution in [0.15, 0.2) is 48.5 Å². The number of nitriles is 1. The van der Waals surface area contributed by atoms with Crippen LogP contribution >= 0.6 is 11.6 Å². The molecule has 0 aliphatic carbocycles. The van der Waals surface area contributed by atoms with Crippen molar-refractivity contribution in [2.24, 2.45) is 0 Å². The summed E-state index contributed by atoms with van der Waals surface area (Å²) in [7, 11) is 1.62. The van der Waals surface area contributed by atoms with E-state index in [1.165, 1.54) is 0 Å². The zero-order valence-corrected chi connectivity index (χ0v) is 13.2. The zero-order valence-electron chi connectivity index (χ0n) is 12.5. The van der Waals surface area contributed by atoms with Crippen LogP contribution in [0.2, 0.25) is 5.02 Å². The predicted molar refractivity (Wildman–Crippen MR) is 87.5 cm³/mol. The maximum Gasteiger partial charge on any atom is 0.120 e. The van der Waals surface area contributed by atoms with E-state index >= 15 is 0 Å². The van der Waals surface area contributed by atoms with E-state index in [0.29, 0.717) is 11.6 Å². The summed E-state index contributed by atoms with van der Waals surface area (Å²) in [5, 5.41) is 10.0. The van der Waals surface area contributed by atoms with Crippen molar-refractivity contribution >= 4 is 11.6 Å². The van der Waals surface area contributed by atoms with Gasteiger partial charge in [-0.15, -0.1) is 0 Å². The van der Waals surface area contributed by atoms with Crippen LogP contribution in [0.25, 0.3) is 0 Å². The Morgan fingerprint density at radius 2 is 1.91 bits per heavy atom. The minimum Gasteiger partial charge on any atom is -0.497 e. The van der Waals surface area contributed by atoms with Crippen LogP contribution in [0.4, 0.5) is 0 Å². The number of hydrogen-bond acceptors (Lipinski definition) is 3. The minimum atomic E-state index is -0.155. The number of halogens is 1. The summed E-state index contributed by atoms with van der Waals surface area (Å²) < 4.78 is 10.8. The smallest absolute Gasteiger partial charge is 0.120 e. The number of benzene rings is 2. The molecule has 3 nitrogen and oxygen atoms in total. The Hall–Kier alpha value is -2.18. The fourth-order valence-electron chi connectivity index (χ4n) is 2.20. The molecule has 0 saturated heterocycles. The van der Waals surface area contributed by atoms with Crippen LogP contribution in [0, 0.1) is 11.3 Å². The molecule has 0 bridgehead atoms. The summed E-state index contributed by atoms with van der Waals surface area (Å²) in [5.41, 5.74) is 0.976. The molecule has 0 N–H and O–H groups in total. The molecule has 2 aromatic rings. The van der Waals surface area contributed by atoms with E-state index in [0.717, 1.165) is 29.9 Å². The summed E-state index contributed by atoms with van der Waals surface area (Å²) >= 11 is 5.90. The molecule has 22 heavy (non-hydrogen) atoms. The topological polar surface area (TPSA) is 42.2 Å². The Bertz CT molecular complexity index is 652. The number of nitrogens with zero attached hydrogens (tertiary/aromatic N) is 1. The molecule has 0 aliphatic heterocycles. The van der Waals surface area contributed by atoms with Gasteiger partial charge in [0, 0.05) is 5.02 Å². The van der Waals surface area contributed by atoms with Gasteiger partial charge in [-0.1, -0.05) is 29.8 Å². The molecule has 0 fully saturated rings. The second kappa shape index (κ2) is 8.31. The monoisotopic (exact) mass is 315 g/mol. The second-order valence-electron chi connectivity index (χ2n) is 4.91. The van der Waals surface area contributed by atoms with Crippen molar-refractivity contribution in [3.8, 4) is 17.6 Å². The Labute approximate surface area is 136 Å². The maximum absolute atomic E-state index is 9.35. The Balaban J connectivity index is 1.85. The van der Waals surface area contributed by atoms with Crippen LogP contribution in [0.1, 0.15) is 24.3 Å². The lowest BCUT2D eigenvalue weighted by Crippen LogP contribution is -2.02. The first-order valence-electron chi connectivity index (χ1n) is 7.15. The Morgan fingerprint density at radius 3 is 2.64 bits per heavy atom. The first-order chi connectivity index (χ1) is 10.7. The molecule has 1 unspecified atom stereocenters. The molecule has 0 spiro atoms. The van der Waals surface area contributed by atoms with E-state index in [-0.39, 0.29) is 5.92 Å². The van der Waals surface area contributed by atoms with Gasteiger partial charge in [0.15, 0.2) is 0 Å². The van der Waals surface area contributed by atoms with E-state index in [4.69, 9.17) is 21.1 Å². The largest absolute Gasteiger partial charge is 0.497 e. The molecule has 4 heteroatoms. The predicted octanol–water partition coefficient (Wildman–Crippen LogP) is 4.81. The van der Waals surface area contributed by atoms with Crippen molar-refractivity contribution in [2.75, 3.05) is 13.7 Å². The van der Waals surface area contributed by atoms with Gasteiger partial charge < -0.3 is 9.47 Å². The number of ether oxygens (including phenoxy) is 2. The number of hydrogen-bond donors (Lipinski definition) is 0. The van der Waals surface area contributed by atoms with E-state index in [1.807, 2.05) is 42.5 Å². The standard InChI is InChI=1S/C18H18ClNO2/c1-21-17-8-2-5-14(11-17)15(13-20)6-4-10-22-18-9-3-7-16(19)12-18/h2-3,5,7-9,11-12,15H,4,6,10H2,1H3. The third-order valence-electron chi connectivity index (χ3n) is 3.35. The van der Waals surface area contributed by atoms with Crippen molar-refractivity contribution in [1.82, 2.24) is 0 Å². The molecule has 1 atom stereocenters. The lowest BCUT2D eigenvalue weighted by atomic mass is 9.96. The van der Waals surface area contributed by atoms with Gasteiger partial charge in [-0.25, -0.2) is 0 Å². The fourth-order valence-corrected chi connectivity index (χ4v) is 2.38. The second-order valence-corrected chi connectivity index (χ2v) is 5.34. The van der Waals surface area contributed by atoms with Gasteiger partial charge >= 0.3 is 0 Å². The van der Waals surface area contributed by atoms with Gasteiger partial charge in [-0.3, -0.25) is 0 Å². The van der Waals surface area contributed by atoms with Gasteiger partial charge in [0.1, 0.15) is 11.5 Å². The molecule has 2 rings (SSSR count). The highest BCUT2D eigenvalue weighted by Gasteiger charge is 2.11. The summed E-state index contributed by atoms with van der Waals surface area (Å²) in [6, 6.07) is 17.3. The highest BCUT2D eigenvalue weighted by molar-refractivity contribution is 6.30. The van der Waals surface area contributed by atoms with Gasteiger partial charge in [-0.05, 0) is 48.7 Å². The lowest BCUT2D eigenvalue weighted by molar-refractivity contribution is 0.305. The highest BCUT2D eigenvalue weighted by Crippen LogP contribution is 2.24. The number of rotatable bonds is 7. The van der Waals surface area contributed by atoms with Crippen molar-refractivity contribution in [2.45, 2.75) is 18.8 Å². The summed E-state index contributed by atoms with van der Waals surface area (Å²) in [6.07, 6.45) is 1.53. The first kappa shape index (κ1) is 16.2. The van der Waals surface area contributed by atoms with Crippen LogP contribution in [0.5, 0.6) is 11.5 Å². The third kappa shape index (κ3) is 4.68. The van der Waals surface area contributed by atoms with Crippen molar-refractivity contribution in [3.05, 3.63) is 59.1 Å². The average Bonchev–Trinajstić information content (AvgIpc) is 2.55. The van der Waals surface area contributed by atoms with Gasteiger partial charge in [-0.2, -0.15) is 5.26 Å². The van der Waals surface area contributed by atoms with Gasteiger partial charge in [0.05, 0.1) is 25.7 Å². The molecule has 0 aromatic heterocycles.